The van der Waals surface area contributed by atoms with Crippen LogP contribution >= 0.6 is 58.8 Å². The summed E-state index contributed by atoms with van der Waals surface area (Å²) in [5.74, 6) is 1.30. The molecule has 0 aliphatic carbocycles. The van der Waals surface area contributed by atoms with E-state index >= 15 is 0 Å². The van der Waals surface area contributed by atoms with Crippen LogP contribution in [0.3, 0.4) is 0 Å². The van der Waals surface area contributed by atoms with E-state index in [9.17, 15) is 9.59 Å². The Morgan fingerprint density at radius 2 is 0.820 bits per heavy atom. The van der Waals surface area contributed by atoms with Gasteiger partial charge in [0.05, 0.1) is 119 Å². The van der Waals surface area contributed by atoms with E-state index in [-0.39, 0.29) is 36.3 Å². The van der Waals surface area contributed by atoms with E-state index < -0.39 is 0 Å². The molecule has 2 aromatic heterocycles. The van der Waals surface area contributed by atoms with Crippen molar-refractivity contribution < 1.29 is 47.5 Å². The minimum atomic E-state index is -0.278. The Kier molecular flexibility index (Phi) is 31.2. The van der Waals surface area contributed by atoms with E-state index in [0.29, 0.717) is 190 Å². The number of benzene rings is 4. The molecule has 0 saturated heterocycles. The van der Waals surface area contributed by atoms with Crippen LogP contribution in [0.15, 0.2) is 72.8 Å². The molecule has 2 atom stereocenters. The predicted molar refractivity (Wildman–Crippen MR) is 342 cm³/mol. The Morgan fingerprint density at radius 3 is 1.20 bits per heavy atom. The average Bonchev–Trinajstić information content (AvgIpc) is 1.84. The highest BCUT2D eigenvalue weighted by atomic mass is 35.5. The minimum absolute atomic E-state index is 0. The summed E-state index contributed by atoms with van der Waals surface area (Å²) in [6, 6.07) is 23.5. The van der Waals surface area contributed by atoms with Gasteiger partial charge in [-0.3, -0.25) is 0 Å². The molecular weight excluding hydrogens is 1250 g/mol. The molecule has 2 aliphatic heterocycles. The Morgan fingerprint density at radius 1 is 0.472 bits per heavy atom. The molecule has 486 valence electrons. The molecular formula is C60H81Cl5N14O10. The summed E-state index contributed by atoms with van der Waals surface area (Å²) in [4.78, 5) is 31.8. The summed E-state index contributed by atoms with van der Waals surface area (Å²) in [6.07, 6.45) is 1.41. The Balaban J connectivity index is 0.0000113. The van der Waals surface area contributed by atoms with Crippen molar-refractivity contribution in [2.24, 2.45) is 0 Å². The molecule has 6 aromatic rings. The van der Waals surface area contributed by atoms with Crippen molar-refractivity contribution in [3.63, 3.8) is 0 Å². The van der Waals surface area contributed by atoms with E-state index in [1.807, 2.05) is 36.4 Å². The maximum atomic E-state index is 12.1. The van der Waals surface area contributed by atoms with Gasteiger partial charge in [0.1, 0.15) is 0 Å². The number of carbonyl (C=O) groups excluding carboxylic acids is 2. The first-order chi connectivity index (χ1) is 43.0. The highest BCUT2D eigenvalue weighted by Crippen LogP contribution is 2.41. The predicted octanol–water partition coefficient (Wildman–Crippen LogP) is 7.40. The monoisotopic (exact) mass is 1330 g/mol. The van der Waals surface area contributed by atoms with Crippen molar-refractivity contribution >= 4 is 70.9 Å². The zero-order valence-corrected chi connectivity index (χ0v) is 54.2. The third kappa shape index (κ3) is 24.0. The highest BCUT2D eigenvalue weighted by molar-refractivity contribution is 6.35. The summed E-state index contributed by atoms with van der Waals surface area (Å²) in [6.45, 7) is 12.3. The molecule has 4 N–H and O–H groups in total. The Labute approximate surface area is 545 Å². The van der Waals surface area contributed by atoms with Gasteiger partial charge in [-0.25, -0.2) is 9.59 Å². The molecule has 0 fully saturated rings. The third-order valence-corrected chi connectivity index (χ3v) is 15.4. The summed E-state index contributed by atoms with van der Waals surface area (Å²) in [7, 11) is 4.18. The number of amides is 4. The number of tetrazole rings is 2. The number of nitrogens with zero attached hydrogens (tertiary/aromatic N) is 10. The van der Waals surface area contributed by atoms with Gasteiger partial charge < -0.3 is 69.0 Å². The highest BCUT2D eigenvalue weighted by Gasteiger charge is 2.29. The molecule has 4 aromatic carbocycles. The summed E-state index contributed by atoms with van der Waals surface area (Å²) in [5.41, 5.74) is 8.52. The number of urea groups is 2. The van der Waals surface area contributed by atoms with Gasteiger partial charge in [0, 0.05) is 95.4 Å². The van der Waals surface area contributed by atoms with Gasteiger partial charge in [-0.15, -0.1) is 32.8 Å². The zero-order valence-electron chi connectivity index (χ0n) is 50.4. The fraction of sp³-hybridized carbons (Fsp3) is 0.533. The lowest BCUT2D eigenvalue weighted by Gasteiger charge is -2.33. The van der Waals surface area contributed by atoms with Gasteiger partial charge in [0.2, 0.25) is 11.6 Å². The largest absolute Gasteiger partial charge is 0.377 e. The molecule has 0 spiro atoms. The lowest BCUT2D eigenvalue weighted by atomic mass is 9.84. The third-order valence-electron chi connectivity index (χ3n) is 14.3. The smallest absolute Gasteiger partial charge is 0.314 e. The van der Waals surface area contributed by atoms with Crippen molar-refractivity contribution in [1.29, 1.82) is 0 Å². The normalized spacial score (nSPS) is 14.9. The van der Waals surface area contributed by atoms with Crippen LogP contribution in [0.2, 0.25) is 20.1 Å². The second-order valence-electron chi connectivity index (χ2n) is 21.0. The van der Waals surface area contributed by atoms with Crippen molar-refractivity contribution in [1.82, 2.24) is 71.5 Å². The Bertz CT molecular complexity index is 2900. The number of hydrogen-bond acceptors (Lipinski definition) is 18. The van der Waals surface area contributed by atoms with Gasteiger partial charge in [-0.05, 0) is 107 Å². The van der Waals surface area contributed by atoms with Crippen LogP contribution in [0.5, 0.6) is 0 Å². The van der Waals surface area contributed by atoms with Gasteiger partial charge in [-0.2, -0.15) is 9.59 Å². The first-order valence-corrected chi connectivity index (χ1v) is 31.2. The number of ether oxygens (including phenoxy) is 8. The van der Waals surface area contributed by atoms with Crippen molar-refractivity contribution in [2.45, 2.75) is 50.9 Å². The lowest BCUT2D eigenvalue weighted by Crippen LogP contribution is -2.39. The van der Waals surface area contributed by atoms with E-state index in [1.165, 1.54) is 9.59 Å². The molecule has 29 heteroatoms. The zero-order chi connectivity index (χ0) is 61.7. The van der Waals surface area contributed by atoms with Gasteiger partial charge in [0.25, 0.3) is 0 Å². The number of carbonyl (C=O) groups is 2. The van der Waals surface area contributed by atoms with Crippen LogP contribution < -0.4 is 21.3 Å². The van der Waals surface area contributed by atoms with Crippen molar-refractivity contribution in [3.8, 4) is 22.8 Å². The molecule has 0 bridgehead atoms. The first kappa shape index (κ1) is 71.1. The summed E-state index contributed by atoms with van der Waals surface area (Å²) >= 11 is 26.0. The van der Waals surface area contributed by atoms with Crippen LogP contribution in [0.25, 0.3) is 22.8 Å². The lowest BCUT2D eigenvalue weighted by molar-refractivity contribution is -0.00256. The molecule has 2 aliphatic rings. The Hall–Kier alpha value is -5.39. The molecule has 24 nitrogen and oxygen atoms in total. The molecule has 89 heavy (non-hydrogen) atoms. The number of rotatable bonds is 39. The maximum Gasteiger partial charge on any atom is 0.314 e. The number of fused-ring (bicyclic) bond motifs is 2. The molecule has 4 heterocycles. The topological polar surface area (TPSA) is 250 Å². The van der Waals surface area contributed by atoms with Crippen LogP contribution in [0, 0.1) is 0 Å². The summed E-state index contributed by atoms with van der Waals surface area (Å²) in [5, 5.41) is 39.9. The van der Waals surface area contributed by atoms with E-state index in [1.54, 1.807) is 12.1 Å². The SMILES string of the molecule is CN1Cc2c(Cl)cc(Cl)cc2[C@H](c2cccc(-c3nnn(CCOCCOCCOCCOCCNC(=O)NCCCCNC(=O)NCCOCCOCCOCCOCCn4nnc(-c5cccc([C@@H]6CN(C)Cc7c(Cl)cc(Cl)cc76)c5)n4)n3)c2)C1.Cl. The minimum Gasteiger partial charge on any atom is -0.377 e. The van der Waals surface area contributed by atoms with Gasteiger partial charge >= 0.3 is 12.1 Å². The van der Waals surface area contributed by atoms with E-state index in [4.69, 9.17) is 84.3 Å². The van der Waals surface area contributed by atoms with Gasteiger partial charge in [0.15, 0.2) is 0 Å². The molecule has 8 rings (SSSR count). The number of likely N-dealkylation sites (N-methyl/N-ethyl adjacent to an activating group) is 2. The number of unbranched alkanes of at least 4 members (excludes halogenated alkanes) is 1. The standard InChI is InChI=1S/C60H80Cl4N14O10.ClH/c1-75-39-51(49-35-47(61)37-55(63)53(49)41-75)43-7-5-9-45(33-43)57-69-73-77(71-57)15-19-83-23-27-87-31-29-85-25-21-81-17-13-67-59(79)65-11-3-4-12-66-60(80)68-14-18-82-22-26-86-30-32-88-28-24-84-20-16-78-72-58(70-74-78)46-10-6-8-44(34-46)52-40-76(2)42-54-50(52)36-48(62)38-56(54)64;/h5-10,33-38,51-52H,3-4,11-32,39-42H2,1-2H3,(H2,65,67,79)(H2,66,68,80);1H/t51-,52-;/m0./s1. The van der Waals surface area contributed by atoms with E-state index in [2.05, 4.69) is 100 Å². The van der Waals surface area contributed by atoms with Crippen LogP contribution in [0.4, 0.5) is 9.59 Å². The molecule has 0 saturated carbocycles. The molecule has 0 radical (unpaired) electrons. The maximum absolute atomic E-state index is 12.1. The molecule has 4 amide bonds. The van der Waals surface area contributed by atoms with Crippen molar-refractivity contribution in [2.75, 3.05) is 159 Å². The number of nitrogens with one attached hydrogen (secondary N) is 4. The fourth-order valence-corrected chi connectivity index (χ4v) is 11.2. The molecule has 0 unspecified atom stereocenters. The summed E-state index contributed by atoms with van der Waals surface area (Å²) < 4.78 is 44.8. The van der Waals surface area contributed by atoms with Crippen LogP contribution in [-0.2, 0) is 64.1 Å². The quantitative estimate of drug-likeness (QED) is 0.0275. The first-order valence-electron chi connectivity index (χ1n) is 29.7. The van der Waals surface area contributed by atoms with E-state index in [0.717, 1.165) is 70.7 Å². The second kappa shape index (κ2) is 39.1. The van der Waals surface area contributed by atoms with Crippen LogP contribution in [-0.4, -0.2) is 221 Å². The second-order valence-corrected chi connectivity index (χ2v) is 22.7. The van der Waals surface area contributed by atoms with Crippen molar-refractivity contribution in [3.05, 3.63) is 126 Å². The number of hydrogen-bond donors (Lipinski definition) is 4. The number of halogens is 5. The number of aromatic nitrogens is 8. The van der Waals surface area contributed by atoms with Crippen LogP contribution in [0.1, 0.15) is 58.1 Å². The fourth-order valence-electron chi connectivity index (χ4n) is 10.0. The van der Waals surface area contributed by atoms with Gasteiger partial charge in [-0.1, -0.05) is 82.8 Å². The average molecular weight is 1340 g/mol.